The molecule has 0 heterocycles. The number of thiol groups is 1. The van der Waals surface area contributed by atoms with Crippen LogP contribution in [0.4, 0.5) is 22.0 Å². The number of halogens is 5. The molecule has 1 rings (SSSR count). The average Bonchev–Trinajstić information content (AvgIpc) is 2.72. The van der Waals surface area contributed by atoms with Gasteiger partial charge in [0.05, 0.1) is 24.5 Å². The maximum Gasteiger partial charge on any atom is 0.315 e. The predicted molar refractivity (Wildman–Crippen MR) is 102 cm³/mol. The van der Waals surface area contributed by atoms with E-state index >= 15 is 0 Å². The van der Waals surface area contributed by atoms with Gasteiger partial charge in [-0.2, -0.15) is 12.6 Å². The first-order valence-electron chi connectivity index (χ1n) is 9.74. The maximum absolute atomic E-state index is 13.5. The molecule has 0 aliphatic carbocycles. The van der Waals surface area contributed by atoms with E-state index in [0.717, 1.165) is 51.4 Å². The molecule has 0 atom stereocenters. The Hall–Kier alpha value is -1.35. The highest BCUT2D eigenvalue weighted by Crippen LogP contribution is 2.23. The summed E-state index contributed by atoms with van der Waals surface area (Å²) in [5, 5.41) is 0. The summed E-state index contributed by atoms with van der Waals surface area (Å²) in [5.74, 6) is -9.97. The Morgan fingerprint density at radius 1 is 0.655 bits per heavy atom. The van der Waals surface area contributed by atoms with E-state index in [2.05, 4.69) is 12.6 Å². The minimum Gasteiger partial charge on any atom is -0.465 e. The number of rotatable bonds is 15. The maximum atomic E-state index is 13.5. The largest absolute Gasteiger partial charge is 0.465 e. The van der Waals surface area contributed by atoms with Crippen molar-refractivity contribution in [1.29, 1.82) is 0 Å². The molecule has 0 saturated carbocycles. The fourth-order valence-electron chi connectivity index (χ4n) is 2.73. The number of ether oxygens (including phenoxy) is 2. The van der Waals surface area contributed by atoms with Crippen LogP contribution in [0.25, 0.3) is 0 Å². The zero-order chi connectivity index (χ0) is 21.6. The fourth-order valence-corrected chi connectivity index (χ4v) is 2.82. The Morgan fingerprint density at radius 3 is 1.55 bits per heavy atom. The van der Waals surface area contributed by atoms with E-state index in [0.29, 0.717) is 13.0 Å². The summed E-state index contributed by atoms with van der Waals surface area (Å²) in [6, 6.07) is 0. The monoisotopic (exact) mass is 442 g/mol. The van der Waals surface area contributed by atoms with Crippen LogP contribution in [0.5, 0.6) is 0 Å². The van der Waals surface area contributed by atoms with Gasteiger partial charge >= 0.3 is 5.97 Å². The van der Waals surface area contributed by atoms with Crippen molar-refractivity contribution in [3.05, 3.63) is 34.6 Å². The number of hydrogen-bond acceptors (Lipinski definition) is 4. The lowest BCUT2D eigenvalue weighted by atomic mass is 10.1. The molecule has 0 amide bonds. The molecule has 3 nitrogen and oxygen atoms in total. The zero-order valence-electron chi connectivity index (χ0n) is 16.3. The van der Waals surface area contributed by atoms with Gasteiger partial charge in [0, 0.05) is 6.61 Å². The molecule has 0 saturated heterocycles. The van der Waals surface area contributed by atoms with Crippen molar-refractivity contribution in [1.82, 2.24) is 0 Å². The molecule has 0 aliphatic heterocycles. The summed E-state index contributed by atoms with van der Waals surface area (Å²) < 4.78 is 76.0. The van der Waals surface area contributed by atoms with Gasteiger partial charge in [0.25, 0.3) is 0 Å². The van der Waals surface area contributed by atoms with Crippen LogP contribution in [0.2, 0.25) is 0 Å². The summed E-state index contributed by atoms with van der Waals surface area (Å²) in [7, 11) is 0. The van der Waals surface area contributed by atoms with E-state index in [1.54, 1.807) is 0 Å². The first-order valence-corrected chi connectivity index (χ1v) is 10.4. The third-order valence-electron chi connectivity index (χ3n) is 4.37. The number of carbonyl (C=O) groups is 1. The smallest absolute Gasteiger partial charge is 0.315 e. The van der Waals surface area contributed by atoms with Crippen molar-refractivity contribution in [2.75, 3.05) is 19.0 Å². The van der Waals surface area contributed by atoms with Crippen LogP contribution in [0.1, 0.15) is 63.4 Å². The van der Waals surface area contributed by atoms with Crippen LogP contribution in [-0.2, 0) is 20.9 Å². The first kappa shape index (κ1) is 25.7. The lowest BCUT2D eigenvalue weighted by Crippen LogP contribution is -2.09. The molecule has 0 spiro atoms. The van der Waals surface area contributed by atoms with E-state index in [1.165, 1.54) is 0 Å². The summed E-state index contributed by atoms with van der Waals surface area (Å²) in [4.78, 5) is 10.9. The summed E-state index contributed by atoms with van der Waals surface area (Å²) in [6.45, 7) is -0.0377. The topological polar surface area (TPSA) is 35.5 Å². The van der Waals surface area contributed by atoms with Gasteiger partial charge in [-0.1, -0.05) is 44.9 Å². The van der Waals surface area contributed by atoms with E-state index in [9.17, 15) is 26.7 Å². The summed E-state index contributed by atoms with van der Waals surface area (Å²) >= 11 is 3.82. The highest BCUT2D eigenvalue weighted by Gasteiger charge is 2.25. The molecular weight excluding hydrogens is 415 g/mol. The Morgan fingerprint density at radius 2 is 1.07 bits per heavy atom. The molecule has 0 aliphatic rings. The zero-order valence-corrected chi connectivity index (χ0v) is 17.1. The second-order valence-corrected chi connectivity index (χ2v) is 6.98. The van der Waals surface area contributed by atoms with E-state index in [-0.39, 0.29) is 18.3 Å². The third kappa shape index (κ3) is 9.33. The van der Waals surface area contributed by atoms with Crippen LogP contribution in [0.15, 0.2) is 0 Å². The Kier molecular flexibility index (Phi) is 12.9. The number of carbonyl (C=O) groups excluding carboxylic acids is 1. The fraction of sp³-hybridized carbons (Fsp3) is 0.650. The van der Waals surface area contributed by atoms with Crippen molar-refractivity contribution in [2.24, 2.45) is 0 Å². The molecular formula is C20H27F5O3S. The highest BCUT2D eigenvalue weighted by atomic mass is 32.1. The highest BCUT2D eigenvalue weighted by molar-refractivity contribution is 7.81. The van der Waals surface area contributed by atoms with Crippen molar-refractivity contribution in [3.63, 3.8) is 0 Å². The molecule has 29 heavy (non-hydrogen) atoms. The van der Waals surface area contributed by atoms with Crippen molar-refractivity contribution < 1.29 is 36.2 Å². The SMILES string of the molecule is O=C(CS)OCCCCCCCCCCCOCc1c(F)c(F)c(F)c(F)c1F. The molecule has 0 aromatic heterocycles. The molecule has 166 valence electrons. The van der Waals surface area contributed by atoms with Crippen molar-refractivity contribution in [3.8, 4) is 0 Å². The summed E-state index contributed by atoms with van der Waals surface area (Å²) in [6.07, 6.45) is 8.63. The van der Waals surface area contributed by atoms with Gasteiger partial charge in [-0.25, -0.2) is 22.0 Å². The quantitative estimate of drug-likeness (QED) is 0.0920. The molecule has 0 fully saturated rings. The van der Waals surface area contributed by atoms with E-state index < -0.39 is 41.3 Å². The second-order valence-electron chi connectivity index (χ2n) is 6.66. The molecule has 0 radical (unpaired) electrons. The Balaban J connectivity index is 2.02. The van der Waals surface area contributed by atoms with Crippen LogP contribution < -0.4 is 0 Å². The molecule has 1 aromatic rings. The van der Waals surface area contributed by atoms with Gasteiger partial charge in [0.15, 0.2) is 23.3 Å². The lowest BCUT2D eigenvalue weighted by molar-refractivity contribution is -0.140. The minimum atomic E-state index is -2.17. The predicted octanol–water partition coefficient (Wildman–Crippen LogP) is 5.88. The average molecular weight is 442 g/mol. The van der Waals surface area contributed by atoms with Gasteiger partial charge in [-0.3, -0.25) is 4.79 Å². The number of hydrogen-bond donors (Lipinski definition) is 1. The third-order valence-corrected chi connectivity index (χ3v) is 4.63. The van der Waals surface area contributed by atoms with Crippen LogP contribution in [0.3, 0.4) is 0 Å². The number of esters is 1. The van der Waals surface area contributed by atoms with Gasteiger partial charge in [-0.15, -0.1) is 0 Å². The van der Waals surface area contributed by atoms with E-state index in [1.807, 2.05) is 0 Å². The number of benzene rings is 1. The van der Waals surface area contributed by atoms with Crippen LogP contribution >= 0.6 is 12.6 Å². The normalized spacial score (nSPS) is 11.1. The molecule has 1 aromatic carbocycles. The van der Waals surface area contributed by atoms with Crippen LogP contribution in [-0.4, -0.2) is 24.9 Å². The first-order chi connectivity index (χ1) is 13.9. The second kappa shape index (κ2) is 14.6. The summed E-state index contributed by atoms with van der Waals surface area (Å²) in [5.41, 5.74) is -0.943. The van der Waals surface area contributed by atoms with Gasteiger partial charge in [0.2, 0.25) is 5.82 Å². The number of unbranched alkanes of at least 4 members (excludes halogenated alkanes) is 8. The van der Waals surface area contributed by atoms with E-state index in [4.69, 9.17) is 9.47 Å². The molecule has 0 bridgehead atoms. The van der Waals surface area contributed by atoms with Crippen LogP contribution in [0, 0.1) is 29.1 Å². The van der Waals surface area contributed by atoms with Crippen molar-refractivity contribution in [2.45, 2.75) is 64.4 Å². The van der Waals surface area contributed by atoms with Gasteiger partial charge in [0.1, 0.15) is 0 Å². The lowest BCUT2D eigenvalue weighted by Gasteiger charge is -2.09. The van der Waals surface area contributed by atoms with Gasteiger partial charge < -0.3 is 9.47 Å². The minimum absolute atomic E-state index is 0.0994. The molecule has 0 N–H and O–H groups in total. The molecule has 9 heteroatoms. The van der Waals surface area contributed by atoms with Crippen molar-refractivity contribution >= 4 is 18.6 Å². The van der Waals surface area contributed by atoms with Gasteiger partial charge in [-0.05, 0) is 12.8 Å². The standard InChI is InChI=1S/C20H27F5O3S/c21-16-14(17(22)19(24)20(25)18(16)23)12-27-10-8-6-4-2-1-3-5-7-9-11-28-15(26)13-29/h29H,1-13H2. The Labute approximate surface area is 173 Å². The molecule has 0 unspecified atom stereocenters. The Bertz CT molecular complexity index is 614.